The summed E-state index contributed by atoms with van der Waals surface area (Å²) < 4.78 is 0. The second-order valence-corrected chi connectivity index (χ2v) is 5.38. The molecular weight excluding hydrogens is 307 g/mol. The monoisotopic (exact) mass is 322 g/mol. The number of hydrogen-bond acceptors (Lipinski definition) is 2. The van der Waals surface area contributed by atoms with Gasteiger partial charge in [-0.1, -0.05) is 23.2 Å². The zero-order chi connectivity index (χ0) is 13.1. The number of benzene rings is 1. The first-order chi connectivity index (χ1) is 8.59. The van der Waals surface area contributed by atoms with E-state index in [0.717, 1.165) is 25.9 Å². The second-order valence-electron chi connectivity index (χ2n) is 4.54. The van der Waals surface area contributed by atoms with Crippen LogP contribution in [0.3, 0.4) is 0 Å². The maximum atomic E-state index is 12.4. The first kappa shape index (κ1) is 16.6. The number of rotatable bonds is 2. The van der Waals surface area contributed by atoms with Crippen LogP contribution >= 0.6 is 35.6 Å². The Morgan fingerprint density at radius 3 is 2.79 bits per heavy atom. The standard InChI is InChI=1S/C13H16Cl2N2O.ClH/c1-17(10-3-2-6-16-8-10)13(18)11-7-9(14)4-5-12(11)15;/h4-5,7,10,16H,2-3,6,8H2,1H3;1H/t10-;/m1./s1. The Balaban J connectivity index is 0.00000180. The summed E-state index contributed by atoms with van der Waals surface area (Å²) in [4.78, 5) is 14.1. The van der Waals surface area contributed by atoms with Crippen molar-refractivity contribution in [3.63, 3.8) is 0 Å². The van der Waals surface area contributed by atoms with Crippen molar-refractivity contribution in [2.24, 2.45) is 0 Å². The van der Waals surface area contributed by atoms with Crippen molar-refractivity contribution in [3.05, 3.63) is 33.8 Å². The minimum atomic E-state index is -0.0730. The molecular formula is C13H17Cl3N2O. The van der Waals surface area contributed by atoms with Crippen molar-refractivity contribution in [3.8, 4) is 0 Å². The predicted molar refractivity (Wildman–Crippen MR) is 81.7 cm³/mol. The molecule has 0 bridgehead atoms. The second kappa shape index (κ2) is 7.34. The number of halogens is 3. The van der Waals surface area contributed by atoms with E-state index >= 15 is 0 Å². The molecule has 0 aliphatic carbocycles. The average Bonchev–Trinajstić information content (AvgIpc) is 2.41. The number of hydrogen-bond donors (Lipinski definition) is 1. The lowest BCUT2D eigenvalue weighted by molar-refractivity contribution is 0.0708. The fourth-order valence-electron chi connectivity index (χ4n) is 2.18. The average molecular weight is 324 g/mol. The van der Waals surface area contributed by atoms with Gasteiger partial charge in [0, 0.05) is 24.7 Å². The highest BCUT2D eigenvalue weighted by atomic mass is 35.5. The largest absolute Gasteiger partial charge is 0.337 e. The third-order valence-electron chi connectivity index (χ3n) is 3.30. The lowest BCUT2D eigenvalue weighted by atomic mass is 10.1. The molecule has 0 unspecified atom stereocenters. The summed E-state index contributed by atoms with van der Waals surface area (Å²) >= 11 is 12.0. The van der Waals surface area contributed by atoms with Crippen LogP contribution in [0.5, 0.6) is 0 Å². The molecule has 1 fully saturated rings. The molecule has 1 saturated heterocycles. The van der Waals surface area contributed by atoms with E-state index in [1.165, 1.54) is 0 Å². The zero-order valence-corrected chi connectivity index (χ0v) is 13.0. The molecule has 1 heterocycles. The number of nitrogens with zero attached hydrogens (tertiary/aromatic N) is 1. The molecule has 0 spiro atoms. The fraction of sp³-hybridized carbons (Fsp3) is 0.462. The van der Waals surface area contributed by atoms with Crippen LogP contribution in [0.1, 0.15) is 23.2 Å². The Morgan fingerprint density at radius 2 is 2.16 bits per heavy atom. The molecule has 6 heteroatoms. The lowest BCUT2D eigenvalue weighted by Crippen LogP contribution is -2.46. The van der Waals surface area contributed by atoms with Crippen LogP contribution in [0.15, 0.2) is 18.2 Å². The molecule has 1 atom stereocenters. The minimum Gasteiger partial charge on any atom is -0.337 e. The Morgan fingerprint density at radius 1 is 1.42 bits per heavy atom. The van der Waals surface area contributed by atoms with Crippen molar-refractivity contribution < 1.29 is 4.79 Å². The molecule has 3 nitrogen and oxygen atoms in total. The van der Waals surface area contributed by atoms with Crippen LogP contribution < -0.4 is 5.32 Å². The molecule has 1 aromatic rings. The lowest BCUT2D eigenvalue weighted by Gasteiger charge is -2.32. The van der Waals surface area contributed by atoms with Crippen molar-refractivity contribution in [1.82, 2.24) is 10.2 Å². The number of amides is 1. The molecule has 1 N–H and O–H groups in total. The summed E-state index contributed by atoms with van der Waals surface area (Å²) in [5.41, 5.74) is 0.470. The molecule has 0 radical (unpaired) electrons. The number of carbonyl (C=O) groups is 1. The summed E-state index contributed by atoms with van der Waals surface area (Å²) in [5, 5.41) is 4.27. The Hall–Kier alpha value is -0.480. The summed E-state index contributed by atoms with van der Waals surface area (Å²) in [6.45, 7) is 1.86. The molecule has 2 rings (SSSR count). The topological polar surface area (TPSA) is 32.3 Å². The highest BCUT2D eigenvalue weighted by molar-refractivity contribution is 6.35. The van der Waals surface area contributed by atoms with Crippen LogP contribution in [-0.4, -0.2) is 37.0 Å². The minimum absolute atomic E-state index is 0. The maximum Gasteiger partial charge on any atom is 0.255 e. The van der Waals surface area contributed by atoms with Gasteiger partial charge in [-0.15, -0.1) is 12.4 Å². The van der Waals surface area contributed by atoms with Crippen molar-refractivity contribution in [2.45, 2.75) is 18.9 Å². The van der Waals surface area contributed by atoms with Crippen LogP contribution in [0.25, 0.3) is 0 Å². The third kappa shape index (κ3) is 3.99. The van der Waals surface area contributed by atoms with Gasteiger partial charge in [0.25, 0.3) is 5.91 Å². The smallest absolute Gasteiger partial charge is 0.255 e. The quantitative estimate of drug-likeness (QED) is 0.906. The van der Waals surface area contributed by atoms with E-state index in [1.54, 1.807) is 23.1 Å². The molecule has 19 heavy (non-hydrogen) atoms. The number of likely N-dealkylation sites (N-methyl/N-ethyl adjacent to an activating group) is 1. The molecule has 1 amide bonds. The highest BCUT2D eigenvalue weighted by Gasteiger charge is 2.24. The molecule has 1 aliphatic rings. The van der Waals surface area contributed by atoms with Crippen molar-refractivity contribution in [1.29, 1.82) is 0 Å². The predicted octanol–water partition coefficient (Wildman–Crippen LogP) is 3.24. The molecule has 1 aliphatic heterocycles. The van der Waals surface area contributed by atoms with Crippen molar-refractivity contribution >= 4 is 41.5 Å². The van der Waals surface area contributed by atoms with Crippen LogP contribution in [0.2, 0.25) is 10.0 Å². The maximum absolute atomic E-state index is 12.4. The van der Waals surface area contributed by atoms with E-state index in [1.807, 2.05) is 7.05 Å². The van der Waals surface area contributed by atoms with E-state index < -0.39 is 0 Å². The fourth-order valence-corrected chi connectivity index (χ4v) is 2.55. The van der Waals surface area contributed by atoms with Gasteiger partial charge < -0.3 is 10.2 Å². The van der Waals surface area contributed by atoms with Gasteiger partial charge in [0.1, 0.15) is 0 Å². The molecule has 1 aromatic carbocycles. The van der Waals surface area contributed by atoms with E-state index in [-0.39, 0.29) is 24.4 Å². The summed E-state index contributed by atoms with van der Waals surface area (Å²) in [5.74, 6) is -0.0730. The van der Waals surface area contributed by atoms with E-state index in [9.17, 15) is 4.79 Å². The van der Waals surface area contributed by atoms with Gasteiger partial charge in [0.05, 0.1) is 10.6 Å². The van der Waals surface area contributed by atoms with Crippen LogP contribution in [0.4, 0.5) is 0 Å². The molecule has 106 valence electrons. The van der Waals surface area contributed by atoms with Gasteiger partial charge in [0.15, 0.2) is 0 Å². The van der Waals surface area contributed by atoms with E-state index in [4.69, 9.17) is 23.2 Å². The summed E-state index contributed by atoms with van der Waals surface area (Å²) in [7, 11) is 1.82. The Labute approximate surface area is 129 Å². The van der Waals surface area contributed by atoms with Gasteiger partial charge in [-0.2, -0.15) is 0 Å². The third-order valence-corrected chi connectivity index (χ3v) is 3.86. The Kier molecular flexibility index (Phi) is 6.40. The normalized spacial score (nSPS) is 18.6. The highest BCUT2D eigenvalue weighted by Crippen LogP contribution is 2.23. The van der Waals surface area contributed by atoms with Crippen LogP contribution in [-0.2, 0) is 0 Å². The molecule has 0 aromatic heterocycles. The zero-order valence-electron chi connectivity index (χ0n) is 10.7. The van der Waals surface area contributed by atoms with Gasteiger partial charge in [0.2, 0.25) is 0 Å². The SMILES string of the molecule is CN(C(=O)c1cc(Cl)ccc1Cl)[C@@H]1CCCNC1.Cl. The van der Waals surface area contributed by atoms with Crippen molar-refractivity contribution in [2.75, 3.05) is 20.1 Å². The first-order valence-corrected chi connectivity index (χ1v) is 6.78. The van der Waals surface area contributed by atoms with Gasteiger partial charge in [-0.3, -0.25) is 4.79 Å². The number of carbonyl (C=O) groups excluding carboxylic acids is 1. The van der Waals surface area contributed by atoms with Gasteiger partial charge >= 0.3 is 0 Å². The first-order valence-electron chi connectivity index (χ1n) is 6.02. The van der Waals surface area contributed by atoms with E-state index in [0.29, 0.717) is 15.6 Å². The van der Waals surface area contributed by atoms with E-state index in [2.05, 4.69) is 5.32 Å². The molecule has 0 saturated carbocycles. The number of nitrogens with one attached hydrogen (secondary N) is 1. The van der Waals surface area contributed by atoms with Gasteiger partial charge in [-0.25, -0.2) is 0 Å². The van der Waals surface area contributed by atoms with Gasteiger partial charge in [-0.05, 0) is 37.6 Å². The number of piperidine rings is 1. The van der Waals surface area contributed by atoms with Crippen LogP contribution in [0, 0.1) is 0 Å². The summed E-state index contributed by atoms with van der Waals surface area (Å²) in [6.07, 6.45) is 2.11. The Bertz CT molecular complexity index is 448. The summed E-state index contributed by atoms with van der Waals surface area (Å²) in [6, 6.07) is 5.19.